The highest BCUT2D eigenvalue weighted by Crippen LogP contribution is 2.29. The van der Waals surface area contributed by atoms with Crippen LogP contribution in [0.2, 0.25) is 0 Å². The summed E-state index contributed by atoms with van der Waals surface area (Å²) in [6, 6.07) is 0. The zero-order valence-corrected chi connectivity index (χ0v) is 11.2. The Kier molecular flexibility index (Phi) is 3.50. The van der Waals surface area contributed by atoms with Gasteiger partial charge in [-0.2, -0.15) is 4.98 Å². The number of nitrogens with one attached hydrogen (secondary N) is 1. The Bertz CT molecular complexity index is 412. The van der Waals surface area contributed by atoms with Gasteiger partial charge in [-0.05, 0) is 35.7 Å². The first kappa shape index (κ1) is 12.5. The number of nitrogen functional groups attached to an aromatic ring is 1. The molecule has 1 saturated heterocycles. The fourth-order valence-electron chi connectivity index (χ4n) is 2.05. The van der Waals surface area contributed by atoms with E-state index in [-0.39, 0.29) is 0 Å². The third-order valence-electron chi connectivity index (χ3n) is 2.83. The maximum absolute atomic E-state index is 10.1. The highest BCUT2D eigenvalue weighted by Gasteiger charge is 2.30. The molecule has 1 aliphatic heterocycles. The van der Waals surface area contributed by atoms with Crippen LogP contribution in [0.25, 0.3) is 0 Å². The van der Waals surface area contributed by atoms with E-state index in [1.165, 1.54) is 0 Å². The first-order valence-electron chi connectivity index (χ1n) is 5.48. The standard InChI is InChI=1S/C10H16BrN5O/c1-10(17)3-2-4-16(6-10)8-7(11)5-13-9(14-8)15-12/h5,17H,2-4,6,12H2,1H3,(H,13,14,15). The Morgan fingerprint density at radius 3 is 3.06 bits per heavy atom. The number of aliphatic hydroxyl groups is 1. The Morgan fingerprint density at radius 1 is 1.65 bits per heavy atom. The number of halogens is 1. The molecule has 0 amide bonds. The average Bonchev–Trinajstić information content (AvgIpc) is 2.28. The van der Waals surface area contributed by atoms with Crippen LogP contribution in [-0.2, 0) is 0 Å². The molecular formula is C10H16BrN5O. The normalized spacial score (nSPS) is 24.8. The summed E-state index contributed by atoms with van der Waals surface area (Å²) in [5, 5.41) is 10.1. The molecule has 0 aromatic carbocycles. The average molecular weight is 302 g/mol. The number of hydrogen-bond acceptors (Lipinski definition) is 6. The number of hydrogen-bond donors (Lipinski definition) is 3. The molecule has 0 aliphatic carbocycles. The van der Waals surface area contributed by atoms with Crippen LogP contribution in [0.1, 0.15) is 19.8 Å². The van der Waals surface area contributed by atoms with Gasteiger partial charge in [0.15, 0.2) is 0 Å². The van der Waals surface area contributed by atoms with Crippen molar-refractivity contribution in [1.29, 1.82) is 0 Å². The van der Waals surface area contributed by atoms with E-state index in [2.05, 4.69) is 31.3 Å². The first-order chi connectivity index (χ1) is 8.02. The van der Waals surface area contributed by atoms with E-state index in [0.29, 0.717) is 12.5 Å². The topological polar surface area (TPSA) is 87.3 Å². The molecule has 7 heteroatoms. The number of piperidine rings is 1. The molecule has 1 aliphatic rings. The van der Waals surface area contributed by atoms with Crippen molar-refractivity contribution in [2.24, 2.45) is 5.84 Å². The third kappa shape index (κ3) is 2.85. The molecule has 1 aromatic rings. The van der Waals surface area contributed by atoms with Crippen LogP contribution in [0.15, 0.2) is 10.7 Å². The predicted molar refractivity (Wildman–Crippen MR) is 69.6 cm³/mol. The fraction of sp³-hybridized carbons (Fsp3) is 0.600. The molecule has 0 bridgehead atoms. The summed E-state index contributed by atoms with van der Waals surface area (Å²) in [5.74, 6) is 6.42. The van der Waals surface area contributed by atoms with E-state index in [9.17, 15) is 5.11 Å². The number of β-amino-alcohol motifs (C(OH)–C–C–N with tert-alkyl or cyclic N) is 1. The Hall–Kier alpha value is -0.920. The molecule has 0 radical (unpaired) electrons. The molecule has 1 atom stereocenters. The molecule has 4 N–H and O–H groups in total. The molecule has 2 heterocycles. The number of nitrogens with zero attached hydrogens (tertiary/aromatic N) is 3. The van der Waals surface area contributed by atoms with Crippen molar-refractivity contribution in [1.82, 2.24) is 9.97 Å². The van der Waals surface area contributed by atoms with Gasteiger partial charge in [0.05, 0.1) is 10.1 Å². The smallest absolute Gasteiger partial charge is 0.239 e. The van der Waals surface area contributed by atoms with Crippen LogP contribution in [-0.4, -0.2) is 33.8 Å². The second kappa shape index (κ2) is 4.75. The highest BCUT2D eigenvalue weighted by molar-refractivity contribution is 9.10. The molecule has 0 spiro atoms. The van der Waals surface area contributed by atoms with E-state index < -0.39 is 5.60 Å². The van der Waals surface area contributed by atoms with Crippen LogP contribution in [0.5, 0.6) is 0 Å². The Balaban J connectivity index is 2.26. The van der Waals surface area contributed by atoms with E-state index in [1.807, 2.05) is 11.8 Å². The van der Waals surface area contributed by atoms with Gasteiger partial charge >= 0.3 is 0 Å². The van der Waals surface area contributed by atoms with Crippen LogP contribution in [0, 0.1) is 0 Å². The van der Waals surface area contributed by atoms with Gasteiger partial charge in [-0.1, -0.05) is 0 Å². The largest absolute Gasteiger partial charge is 0.388 e. The summed E-state index contributed by atoms with van der Waals surface area (Å²) >= 11 is 3.42. The van der Waals surface area contributed by atoms with Gasteiger partial charge in [-0.15, -0.1) is 0 Å². The molecule has 1 aromatic heterocycles. The van der Waals surface area contributed by atoms with Gasteiger partial charge < -0.3 is 10.0 Å². The van der Waals surface area contributed by atoms with E-state index >= 15 is 0 Å². The van der Waals surface area contributed by atoms with Crippen LogP contribution >= 0.6 is 15.9 Å². The van der Waals surface area contributed by atoms with E-state index in [0.717, 1.165) is 29.7 Å². The fourth-order valence-corrected chi connectivity index (χ4v) is 2.49. The second-order valence-electron chi connectivity index (χ2n) is 4.53. The summed E-state index contributed by atoms with van der Waals surface area (Å²) < 4.78 is 0.800. The number of aromatic nitrogens is 2. The maximum Gasteiger partial charge on any atom is 0.239 e. The van der Waals surface area contributed by atoms with E-state index in [1.54, 1.807) is 6.20 Å². The van der Waals surface area contributed by atoms with Crippen LogP contribution in [0.4, 0.5) is 11.8 Å². The van der Waals surface area contributed by atoms with Gasteiger partial charge in [0.2, 0.25) is 5.95 Å². The van der Waals surface area contributed by atoms with Gasteiger partial charge in [0, 0.05) is 19.3 Å². The van der Waals surface area contributed by atoms with Gasteiger partial charge in [-0.25, -0.2) is 10.8 Å². The lowest BCUT2D eigenvalue weighted by Gasteiger charge is -2.37. The molecule has 1 fully saturated rings. The summed E-state index contributed by atoms with van der Waals surface area (Å²) in [5.41, 5.74) is 1.75. The third-order valence-corrected chi connectivity index (χ3v) is 3.39. The minimum Gasteiger partial charge on any atom is -0.388 e. The number of hydrazine groups is 1. The van der Waals surface area contributed by atoms with E-state index in [4.69, 9.17) is 5.84 Å². The zero-order chi connectivity index (χ0) is 12.5. The summed E-state index contributed by atoms with van der Waals surface area (Å²) in [4.78, 5) is 10.3. The van der Waals surface area contributed by atoms with Crippen molar-refractivity contribution in [2.45, 2.75) is 25.4 Å². The van der Waals surface area contributed by atoms with Crippen molar-refractivity contribution in [3.8, 4) is 0 Å². The monoisotopic (exact) mass is 301 g/mol. The quantitative estimate of drug-likeness (QED) is 0.555. The van der Waals surface area contributed by atoms with Gasteiger partial charge in [0.1, 0.15) is 5.82 Å². The van der Waals surface area contributed by atoms with Gasteiger partial charge in [0.25, 0.3) is 0 Å². The SMILES string of the molecule is CC1(O)CCCN(c2nc(NN)ncc2Br)C1. The predicted octanol–water partition coefficient (Wildman–Crippen LogP) is 0.876. The zero-order valence-electron chi connectivity index (χ0n) is 9.65. The number of anilines is 2. The number of nitrogens with two attached hydrogens (primary N) is 1. The van der Waals surface area contributed by atoms with Crippen molar-refractivity contribution in [2.75, 3.05) is 23.4 Å². The van der Waals surface area contributed by atoms with Gasteiger partial charge in [-0.3, -0.25) is 5.43 Å². The van der Waals surface area contributed by atoms with Crippen molar-refractivity contribution in [3.05, 3.63) is 10.7 Å². The molecule has 1 unspecified atom stereocenters. The molecule has 6 nitrogen and oxygen atoms in total. The molecule has 94 valence electrons. The van der Waals surface area contributed by atoms with Crippen LogP contribution < -0.4 is 16.2 Å². The summed E-state index contributed by atoms with van der Waals surface area (Å²) in [6.07, 6.45) is 3.41. The number of rotatable bonds is 2. The molecular weight excluding hydrogens is 286 g/mol. The second-order valence-corrected chi connectivity index (χ2v) is 5.39. The Labute approximate surface area is 108 Å². The van der Waals surface area contributed by atoms with Crippen molar-refractivity contribution in [3.63, 3.8) is 0 Å². The summed E-state index contributed by atoms with van der Waals surface area (Å²) in [6.45, 7) is 3.28. The minimum atomic E-state index is -0.668. The maximum atomic E-state index is 10.1. The first-order valence-corrected chi connectivity index (χ1v) is 6.28. The van der Waals surface area contributed by atoms with Crippen molar-refractivity contribution < 1.29 is 5.11 Å². The molecule has 17 heavy (non-hydrogen) atoms. The summed E-state index contributed by atoms with van der Waals surface area (Å²) in [7, 11) is 0. The molecule has 2 rings (SSSR count). The molecule has 0 saturated carbocycles. The Morgan fingerprint density at radius 2 is 2.41 bits per heavy atom. The minimum absolute atomic E-state index is 0.369. The van der Waals surface area contributed by atoms with Crippen molar-refractivity contribution >= 4 is 27.7 Å². The lowest BCUT2D eigenvalue weighted by molar-refractivity contribution is 0.0446. The lowest BCUT2D eigenvalue weighted by Crippen LogP contribution is -2.46. The lowest BCUT2D eigenvalue weighted by atomic mass is 9.95. The van der Waals surface area contributed by atoms with Crippen LogP contribution in [0.3, 0.4) is 0 Å². The highest BCUT2D eigenvalue weighted by atomic mass is 79.9.